The maximum absolute atomic E-state index is 12.2. The Morgan fingerprint density at radius 1 is 1.50 bits per heavy atom. The van der Waals surface area contributed by atoms with Gasteiger partial charge in [-0.25, -0.2) is 9.97 Å². The molecule has 2 rings (SSSR count). The lowest BCUT2D eigenvalue weighted by atomic mass is 9.86. The number of nitrogens with one attached hydrogen (secondary N) is 1. The molecule has 0 saturated carbocycles. The summed E-state index contributed by atoms with van der Waals surface area (Å²) in [6.45, 7) is 7.07. The lowest BCUT2D eigenvalue weighted by molar-refractivity contribution is -0.122. The van der Waals surface area contributed by atoms with E-state index in [-0.39, 0.29) is 17.4 Å². The van der Waals surface area contributed by atoms with Crippen LogP contribution in [0.5, 0.6) is 0 Å². The molecule has 0 aliphatic heterocycles. The third kappa shape index (κ3) is 4.84. The summed E-state index contributed by atoms with van der Waals surface area (Å²) < 4.78 is 1.98. The topological polar surface area (TPSA) is 85.8 Å². The van der Waals surface area contributed by atoms with E-state index < -0.39 is 0 Å². The first-order valence-electron chi connectivity index (χ1n) is 7.29. The Morgan fingerprint density at radius 3 is 2.82 bits per heavy atom. The molecule has 0 unspecified atom stereocenters. The average molecular weight is 321 g/mol. The number of carbonyl (C=O) groups is 1. The minimum atomic E-state index is -0.0367. The Bertz CT molecular complexity index is 600. The van der Waals surface area contributed by atoms with Crippen molar-refractivity contribution in [3.8, 4) is 0 Å². The number of anilines is 1. The highest BCUT2D eigenvalue weighted by molar-refractivity contribution is 7.13. The van der Waals surface area contributed by atoms with Gasteiger partial charge in [0.2, 0.25) is 5.91 Å². The third-order valence-electron chi connectivity index (χ3n) is 3.51. The highest BCUT2D eigenvalue weighted by atomic mass is 32.1. The number of thiazole rings is 1. The number of nitrogens with two attached hydrogens (primary N) is 1. The predicted octanol–water partition coefficient (Wildman–Crippen LogP) is 2.09. The van der Waals surface area contributed by atoms with E-state index in [2.05, 4.69) is 36.1 Å². The maximum Gasteiger partial charge on any atom is 0.220 e. The number of imidazole rings is 1. The van der Waals surface area contributed by atoms with Gasteiger partial charge in [-0.3, -0.25) is 4.79 Å². The molecule has 0 radical (unpaired) electrons. The molecule has 0 aromatic carbocycles. The quantitative estimate of drug-likeness (QED) is 0.853. The molecule has 0 spiro atoms. The first-order chi connectivity index (χ1) is 10.3. The van der Waals surface area contributed by atoms with Crippen molar-refractivity contribution in [1.29, 1.82) is 0 Å². The average Bonchev–Trinajstić information content (AvgIpc) is 3.06. The second-order valence-corrected chi connectivity index (χ2v) is 7.31. The third-order valence-corrected chi connectivity index (χ3v) is 4.23. The minimum Gasteiger partial charge on any atom is -0.375 e. The van der Waals surface area contributed by atoms with Gasteiger partial charge in [0, 0.05) is 30.7 Å². The van der Waals surface area contributed by atoms with Gasteiger partial charge in [-0.2, -0.15) is 0 Å². The van der Waals surface area contributed by atoms with Gasteiger partial charge in [0.15, 0.2) is 5.13 Å². The van der Waals surface area contributed by atoms with E-state index in [0.29, 0.717) is 24.5 Å². The summed E-state index contributed by atoms with van der Waals surface area (Å²) in [5.74, 6) is 0.0339. The summed E-state index contributed by atoms with van der Waals surface area (Å²) in [4.78, 5) is 20.4. The van der Waals surface area contributed by atoms with Crippen molar-refractivity contribution < 1.29 is 4.79 Å². The van der Waals surface area contributed by atoms with Crippen molar-refractivity contribution in [2.45, 2.75) is 46.2 Å². The van der Waals surface area contributed by atoms with Crippen LogP contribution in [0.25, 0.3) is 0 Å². The van der Waals surface area contributed by atoms with Crippen LogP contribution < -0.4 is 11.1 Å². The molecular weight excluding hydrogens is 298 g/mol. The zero-order chi connectivity index (χ0) is 16.2. The van der Waals surface area contributed by atoms with Crippen molar-refractivity contribution in [1.82, 2.24) is 19.9 Å². The summed E-state index contributed by atoms with van der Waals surface area (Å²) in [6, 6.07) is 0.0368. The number of hydrogen-bond donors (Lipinski definition) is 2. The van der Waals surface area contributed by atoms with Crippen LogP contribution in [0.4, 0.5) is 5.13 Å². The standard InChI is InChI=1S/C15H23N5OS/c1-15(2,3)12(8-20-7-6-17-10-20)19-13(21)5-4-11-9-22-14(16)18-11/h6-7,9-10,12H,4-5,8H2,1-3H3,(H2,16,18)(H,19,21)/t12-/m0/s1. The monoisotopic (exact) mass is 321 g/mol. The Hall–Kier alpha value is -1.89. The largest absolute Gasteiger partial charge is 0.375 e. The number of aryl methyl sites for hydroxylation is 1. The number of nitrogens with zero attached hydrogens (tertiary/aromatic N) is 3. The molecule has 3 N–H and O–H groups in total. The fourth-order valence-corrected chi connectivity index (χ4v) is 2.68. The van der Waals surface area contributed by atoms with Crippen molar-refractivity contribution in [2.24, 2.45) is 5.41 Å². The van der Waals surface area contributed by atoms with E-state index >= 15 is 0 Å². The SMILES string of the molecule is CC(C)(C)[C@H](Cn1ccnc1)NC(=O)CCc1csc(N)n1. The Morgan fingerprint density at radius 2 is 2.27 bits per heavy atom. The van der Waals surface area contributed by atoms with E-state index in [4.69, 9.17) is 5.73 Å². The van der Waals surface area contributed by atoms with Gasteiger partial charge in [-0.05, 0) is 11.8 Å². The fraction of sp³-hybridized carbons (Fsp3) is 0.533. The molecule has 120 valence electrons. The molecule has 0 aliphatic rings. The van der Waals surface area contributed by atoms with E-state index in [9.17, 15) is 4.79 Å². The number of aromatic nitrogens is 3. The van der Waals surface area contributed by atoms with Gasteiger partial charge in [0.05, 0.1) is 18.1 Å². The Kier molecular flexibility index (Phi) is 5.18. The second kappa shape index (κ2) is 6.91. The molecule has 1 amide bonds. The predicted molar refractivity (Wildman–Crippen MR) is 88.5 cm³/mol. The zero-order valence-electron chi connectivity index (χ0n) is 13.2. The highest BCUT2D eigenvalue weighted by Gasteiger charge is 2.26. The normalized spacial score (nSPS) is 13.0. The number of nitrogen functional groups attached to an aromatic ring is 1. The summed E-state index contributed by atoms with van der Waals surface area (Å²) in [5.41, 5.74) is 6.43. The molecule has 6 nitrogen and oxygen atoms in total. The number of carbonyl (C=O) groups excluding carboxylic acids is 1. The summed E-state index contributed by atoms with van der Waals surface area (Å²) >= 11 is 1.40. The van der Waals surface area contributed by atoms with Gasteiger partial charge in [0.25, 0.3) is 0 Å². The van der Waals surface area contributed by atoms with Crippen molar-refractivity contribution >= 4 is 22.4 Å². The van der Waals surface area contributed by atoms with Gasteiger partial charge in [0.1, 0.15) is 0 Å². The molecule has 0 saturated heterocycles. The lowest BCUT2D eigenvalue weighted by Gasteiger charge is -2.31. The number of rotatable bonds is 6. The van der Waals surface area contributed by atoms with E-state index in [1.165, 1.54) is 11.3 Å². The summed E-state index contributed by atoms with van der Waals surface area (Å²) in [6.07, 6.45) is 6.45. The number of amides is 1. The van der Waals surface area contributed by atoms with E-state index in [0.717, 1.165) is 5.69 Å². The van der Waals surface area contributed by atoms with Gasteiger partial charge < -0.3 is 15.6 Å². The summed E-state index contributed by atoms with van der Waals surface area (Å²) in [5, 5.41) is 5.57. The molecule has 22 heavy (non-hydrogen) atoms. The minimum absolute atomic E-state index is 0.0339. The van der Waals surface area contributed by atoms with Crippen LogP contribution in [0.15, 0.2) is 24.1 Å². The molecule has 2 aromatic rings. The highest BCUT2D eigenvalue weighted by Crippen LogP contribution is 2.21. The van der Waals surface area contributed by atoms with Gasteiger partial charge in [-0.15, -0.1) is 11.3 Å². The molecule has 0 fully saturated rings. The smallest absolute Gasteiger partial charge is 0.220 e. The Balaban J connectivity index is 1.90. The lowest BCUT2D eigenvalue weighted by Crippen LogP contribution is -2.46. The molecule has 0 bridgehead atoms. The van der Waals surface area contributed by atoms with E-state index in [1.54, 1.807) is 12.5 Å². The van der Waals surface area contributed by atoms with Crippen LogP contribution >= 0.6 is 11.3 Å². The van der Waals surface area contributed by atoms with Crippen LogP contribution in [0.3, 0.4) is 0 Å². The van der Waals surface area contributed by atoms with Crippen LogP contribution in [-0.2, 0) is 17.8 Å². The molecular formula is C15H23N5OS. The van der Waals surface area contributed by atoms with Gasteiger partial charge in [-0.1, -0.05) is 20.8 Å². The van der Waals surface area contributed by atoms with Crippen molar-refractivity contribution in [2.75, 3.05) is 5.73 Å². The molecule has 0 aliphatic carbocycles. The molecule has 2 aromatic heterocycles. The zero-order valence-corrected chi connectivity index (χ0v) is 14.1. The van der Waals surface area contributed by atoms with Crippen LogP contribution in [0, 0.1) is 5.41 Å². The fourth-order valence-electron chi connectivity index (χ4n) is 2.09. The van der Waals surface area contributed by atoms with Gasteiger partial charge >= 0.3 is 0 Å². The summed E-state index contributed by atoms with van der Waals surface area (Å²) in [7, 11) is 0. The first kappa shape index (κ1) is 16.5. The van der Waals surface area contributed by atoms with Crippen LogP contribution in [0.1, 0.15) is 32.9 Å². The van der Waals surface area contributed by atoms with Crippen molar-refractivity contribution in [3.63, 3.8) is 0 Å². The second-order valence-electron chi connectivity index (χ2n) is 6.42. The van der Waals surface area contributed by atoms with Crippen LogP contribution in [-0.4, -0.2) is 26.5 Å². The number of hydrogen-bond acceptors (Lipinski definition) is 5. The van der Waals surface area contributed by atoms with E-state index in [1.807, 2.05) is 16.1 Å². The Labute approximate surface area is 134 Å². The molecule has 1 atom stereocenters. The molecule has 2 heterocycles. The molecule has 7 heteroatoms. The van der Waals surface area contributed by atoms with Crippen molar-refractivity contribution in [3.05, 3.63) is 29.8 Å². The van der Waals surface area contributed by atoms with Crippen LogP contribution in [0.2, 0.25) is 0 Å². The first-order valence-corrected chi connectivity index (χ1v) is 8.17. The maximum atomic E-state index is 12.2.